The van der Waals surface area contributed by atoms with Gasteiger partial charge in [-0.1, -0.05) is 24.3 Å². The maximum atomic E-state index is 12.5. The van der Waals surface area contributed by atoms with E-state index in [9.17, 15) is 9.59 Å². The number of ether oxygens (including phenoxy) is 2. The summed E-state index contributed by atoms with van der Waals surface area (Å²) >= 11 is 0. The average Bonchev–Trinajstić information content (AvgIpc) is 2.70. The third kappa shape index (κ3) is 4.55. The summed E-state index contributed by atoms with van der Waals surface area (Å²) < 4.78 is 11.0. The molecule has 0 saturated heterocycles. The van der Waals surface area contributed by atoms with Crippen LogP contribution in [0, 0.1) is 6.92 Å². The number of carbonyl (C=O) groups excluding carboxylic acids is 2. The molecule has 3 aromatic rings. The Morgan fingerprint density at radius 1 is 1.03 bits per heavy atom. The van der Waals surface area contributed by atoms with Crippen molar-refractivity contribution in [1.82, 2.24) is 0 Å². The maximum absolute atomic E-state index is 12.5. The predicted octanol–water partition coefficient (Wildman–Crippen LogP) is 4.15. The van der Waals surface area contributed by atoms with Crippen LogP contribution in [-0.4, -0.2) is 25.0 Å². The first-order chi connectivity index (χ1) is 14.1. The van der Waals surface area contributed by atoms with Gasteiger partial charge < -0.3 is 19.7 Å². The molecule has 0 radical (unpaired) electrons. The molecular weight excluding hydrogens is 368 g/mol. The number of hydrogen-bond donors (Lipinski definition) is 1. The van der Waals surface area contributed by atoms with Gasteiger partial charge >= 0.3 is 5.97 Å². The molecule has 0 bridgehead atoms. The first-order valence-corrected chi connectivity index (χ1v) is 9.26. The van der Waals surface area contributed by atoms with Crippen LogP contribution >= 0.6 is 0 Å². The number of aryl methyl sites for hydroxylation is 1. The summed E-state index contributed by atoms with van der Waals surface area (Å²) in [6, 6.07) is 22.2. The zero-order valence-corrected chi connectivity index (χ0v) is 15.9. The van der Waals surface area contributed by atoms with E-state index in [-0.39, 0.29) is 25.0 Å². The van der Waals surface area contributed by atoms with E-state index in [2.05, 4.69) is 5.32 Å². The number of benzene rings is 3. The van der Waals surface area contributed by atoms with Crippen LogP contribution in [-0.2, 0) is 9.59 Å². The molecule has 146 valence electrons. The minimum Gasteiger partial charge on any atom is -0.457 e. The molecule has 6 heteroatoms. The second kappa shape index (κ2) is 8.06. The molecule has 0 fully saturated rings. The zero-order chi connectivity index (χ0) is 20.2. The number of esters is 1. The lowest BCUT2D eigenvalue weighted by atomic mass is 10.1. The average molecular weight is 388 g/mol. The number of para-hydroxylation sites is 1. The number of fused-ring (bicyclic) bond motifs is 1. The molecule has 1 aliphatic heterocycles. The molecule has 6 nitrogen and oxygen atoms in total. The first kappa shape index (κ1) is 18.6. The van der Waals surface area contributed by atoms with Crippen LogP contribution in [0.15, 0.2) is 72.8 Å². The minimum absolute atomic E-state index is 0.0351. The summed E-state index contributed by atoms with van der Waals surface area (Å²) in [6.07, 6.45) is 0. The van der Waals surface area contributed by atoms with Crippen molar-refractivity contribution in [2.24, 2.45) is 0 Å². The number of rotatable bonds is 5. The van der Waals surface area contributed by atoms with Crippen LogP contribution in [0.2, 0.25) is 0 Å². The molecule has 0 aliphatic carbocycles. The van der Waals surface area contributed by atoms with Gasteiger partial charge in [-0.15, -0.1) is 0 Å². The first-order valence-electron chi connectivity index (χ1n) is 9.26. The van der Waals surface area contributed by atoms with Crippen molar-refractivity contribution >= 4 is 23.3 Å². The van der Waals surface area contributed by atoms with Gasteiger partial charge in [-0.25, -0.2) is 4.79 Å². The Hall–Kier alpha value is -3.80. The van der Waals surface area contributed by atoms with Gasteiger partial charge in [0.15, 0.2) is 5.75 Å². The lowest BCUT2D eigenvalue weighted by molar-refractivity contribution is -0.133. The molecule has 1 N–H and O–H groups in total. The van der Waals surface area contributed by atoms with Crippen LogP contribution in [0.1, 0.15) is 5.56 Å². The second-order valence-electron chi connectivity index (χ2n) is 6.79. The molecule has 0 saturated carbocycles. The van der Waals surface area contributed by atoms with E-state index in [1.54, 1.807) is 35.2 Å². The van der Waals surface area contributed by atoms with Gasteiger partial charge in [0.1, 0.15) is 18.0 Å². The van der Waals surface area contributed by atoms with Gasteiger partial charge in [-0.3, -0.25) is 4.79 Å². The van der Waals surface area contributed by atoms with Crippen molar-refractivity contribution in [3.05, 3.63) is 78.4 Å². The number of nitrogens with zero attached hydrogens (tertiary/aromatic N) is 1. The molecule has 29 heavy (non-hydrogen) atoms. The monoisotopic (exact) mass is 388 g/mol. The van der Waals surface area contributed by atoms with Gasteiger partial charge in [-0.2, -0.15) is 0 Å². The summed E-state index contributed by atoms with van der Waals surface area (Å²) in [5.74, 6) is 1.31. The Morgan fingerprint density at radius 3 is 2.52 bits per heavy atom. The lowest BCUT2D eigenvalue weighted by Gasteiger charge is -2.29. The number of nitrogens with one attached hydrogen (secondary N) is 1. The summed E-state index contributed by atoms with van der Waals surface area (Å²) in [4.78, 5) is 26.1. The minimum atomic E-state index is -0.377. The van der Waals surface area contributed by atoms with Crippen molar-refractivity contribution in [3.63, 3.8) is 0 Å². The largest absolute Gasteiger partial charge is 0.457 e. The van der Waals surface area contributed by atoms with Crippen LogP contribution in [0.5, 0.6) is 17.2 Å². The molecule has 0 spiro atoms. The summed E-state index contributed by atoms with van der Waals surface area (Å²) in [7, 11) is 0. The molecule has 1 amide bonds. The van der Waals surface area contributed by atoms with E-state index in [1.165, 1.54) is 0 Å². The van der Waals surface area contributed by atoms with E-state index in [1.807, 2.05) is 49.4 Å². The molecule has 0 aromatic heterocycles. The normalized spacial score (nSPS) is 12.7. The van der Waals surface area contributed by atoms with Crippen molar-refractivity contribution in [2.75, 3.05) is 23.3 Å². The van der Waals surface area contributed by atoms with E-state index in [0.717, 1.165) is 17.0 Å². The number of hydrogen-bond acceptors (Lipinski definition) is 5. The predicted molar refractivity (Wildman–Crippen MR) is 111 cm³/mol. The molecule has 0 atom stereocenters. The number of amides is 1. The summed E-state index contributed by atoms with van der Waals surface area (Å²) in [5.41, 5.74) is 2.37. The van der Waals surface area contributed by atoms with Crippen LogP contribution in [0.25, 0.3) is 0 Å². The highest BCUT2D eigenvalue weighted by atomic mass is 16.5. The smallest absolute Gasteiger partial charge is 0.331 e. The van der Waals surface area contributed by atoms with Crippen molar-refractivity contribution in [1.29, 1.82) is 0 Å². The third-order valence-electron chi connectivity index (χ3n) is 4.45. The van der Waals surface area contributed by atoms with Gasteiger partial charge in [0.2, 0.25) is 5.91 Å². The fraction of sp³-hybridized carbons (Fsp3) is 0.130. The third-order valence-corrected chi connectivity index (χ3v) is 4.45. The number of anilines is 2. The topological polar surface area (TPSA) is 67.9 Å². The Morgan fingerprint density at radius 2 is 1.76 bits per heavy atom. The Kier molecular flexibility index (Phi) is 5.16. The molecule has 1 heterocycles. The quantitative estimate of drug-likeness (QED) is 0.525. The SMILES string of the molecule is Cc1ccc2c(c1)OC(=O)CN2CC(=O)Nc1ccc(Oc2ccccc2)cc1. The fourth-order valence-corrected chi connectivity index (χ4v) is 3.11. The molecule has 0 unspecified atom stereocenters. The maximum Gasteiger partial charge on any atom is 0.331 e. The van der Waals surface area contributed by atoms with Crippen LogP contribution in [0.4, 0.5) is 11.4 Å². The van der Waals surface area contributed by atoms with Gasteiger partial charge in [0.05, 0.1) is 12.2 Å². The summed E-state index contributed by atoms with van der Waals surface area (Å²) in [6.45, 7) is 2.01. The van der Waals surface area contributed by atoms with E-state index >= 15 is 0 Å². The summed E-state index contributed by atoms with van der Waals surface area (Å²) in [5, 5.41) is 2.85. The lowest BCUT2D eigenvalue weighted by Crippen LogP contribution is -2.41. The van der Waals surface area contributed by atoms with Crippen LogP contribution in [0.3, 0.4) is 0 Å². The van der Waals surface area contributed by atoms with Gasteiger partial charge in [0.25, 0.3) is 0 Å². The van der Waals surface area contributed by atoms with Crippen LogP contribution < -0.4 is 19.7 Å². The Labute approximate surface area is 168 Å². The van der Waals surface area contributed by atoms with E-state index in [0.29, 0.717) is 17.2 Å². The zero-order valence-electron chi connectivity index (χ0n) is 15.9. The van der Waals surface area contributed by atoms with E-state index in [4.69, 9.17) is 9.47 Å². The highest BCUT2D eigenvalue weighted by molar-refractivity contribution is 5.96. The van der Waals surface area contributed by atoms with E-state index < -0.39 is 0 Å². The van der Waals surface area contributed by atoms with Crippen molar-refractivity contribution in [2.45, 2.75) is 6.92 Å². The Bertz CT molecular complexity index is 1030. The number of carbonyl (C=O) groups is 2. The highest BCUT2D eigenvalue weighted by Crippen LogP contribution is 2.32. The van der Waals surface area contributed by atoms with Gasteiger partial charge in [0, 0.05) is 5.69 Å². The van der Waals surface area contributed by atoms with Gasteiger partial charge in [-0.05, 0) is 61.0 Å². The fourth-order valence-electron chi connectivity index (χ4n) is 3.11. The molecule has 1 aliphatic rings. The highest BCUT2D eigenvalue weighted by Gasteiger charge is 2.25. The standard InChI is InChI=1S/C23H20N2O4/c1-16-7-12-20-21(13-16)29-23(27)15-25(20)14-22(26)24-17-8-10-19(11-9-17)28-18-5-3-2-4-6-18/h2-13H,14-15H2,1H3,(H,24,26). The Balaban J connectivity index is 1.39. The molecule has 4 rings (SSSR count). The molecule has 3 aromatic carbocycles. The van der Waals surface area contributed by atoms with Crippen molar-refractivity contribution in [3.8, 4) is 17.2 Å². The van der Waals surface area contributed by atoms with Crippen molar-refractivity contribution < 1.29 is 19.1 Å². The second-order valence-corrected chi connectivity index (χ2v) is 6.79. The molecular formula is C23H20N2O4.